The molecule has 0 heterocycles. The first-order valence-corrected chi connectivity index (χ1v) is 4.65. The van der Waals surface area contributed by atoms with Crippen LogP contribution >= 0.6 is 23.2 Å². The smallest absolute Gasteiger partial charge is 0.126 e. The van der Waals surface area contributed by atoms with Gasteiger partial charge in [0, 0.05) is 12.0 Å². The summed E-state index contributed by atoms with van der Waals surface area (Å²) in [7, 11) is 0. The number of allylic oxidation sites excluding steroid dienone is 1. The molecule has 0 bridgehead atoms. The van der Waals surface area contributed by atoms with E-state index < -0.39 is 5.82 Å². The first kappa shape index (κ1) is 11.2. The van der Waals surface area contributed by atoms with E-state index >= 15 is 0 Å². The van der Waals surface area contributed by atoms with E-state index in [4.69, 9.17) is 23.2 Å². The van der Waals surface area contributed by atoms with Gasteiger partial charge in [0.15, 0.2) is 0 Å². The zero-order chi connectivity index (χ0) is 10.6. The number of hydrogen-bond donors (Lipinski definition) is 0. The summed E-state index contributed by atoms with van der Waals surface area (Å²) in [6.45, 7) is 0. The Kier molecular flexibility index (Phi) is 4.11. The van der Waals surface area contributed by atoms with Crippen molar-refractivity contribution in [1.82, 2.24) is 0 Å². The average molecular weight is 233 g/mol. The molecule has 1 rings (SSSR count). The molecule has 0 radical (unpaired) electrons. The van der Waals surface area contributed by atoms with Gasteiger partial charge in [-0.3, -0.25) is 0 Å². The standard InChI is InChI=1S/C10H7Cl2FO/c11-9-5-7(13)6-10(12)8(9)3-1-2-4-14/h1,3-6H,2H2. The van der Waals surface area contributed by atoms with E-state index in [1.165, 1.54) is 12.1 Å². The highest BCUT2D eigenvalue weighted by molar-refractivity contribution is 6.37. The number of benzene rings is 1. The van der Waals surface area contributed by atoms with Crippen molar-refractivity contribution < 1.29 is 9.18 Å². The Morgan fingerprint density at radius 2 is 1.86 bits per heavy atom. The van der Waals surface area contributed by atoms with E-state index in [9.17, 15) is 9.18 Å². The monoisotopic (exact) mass is 232 g/mol. The first-order chi connectivity index (χ1) is 6.65. The SMILES string of the molecule is O=CCC=Cc1c(Cl)cc(F)cc1Cl. The highest BCUT2D eigenvalue weighted by atomic mass is 35.5. The molecule has 0 aliphatic carbocycles. The Labute approximate surface area is 91.1 Å². The number of aldehydes is 1. The van der Waals surface area contributed by atoms with Gasteiger partial charge in [0.1, 0.15) is 12.1 Å². The summed E-state index contributed by atoms with van der Waals surface area (Å²) in [5.41, 5.74) is 0.525. The summed E-state index contributed by atoms with van der Waals surface area (Å²) < 4.78 is 12.7. The van der Waals surface area contributed by atoms with Gasteiger partial charge in [-0.2, -0.15) is 0 Å². The van der Waals surface area contributed by atoms with E-state index in [0.29, 0.717) is 5.56 Å². The van der Waals surface area contributed by atoms with Crippen molar-refractivity contribution in [3.8, 4) is 0 Å². The third kappa shape index (κ3) is 2.82. The summed E-state index contributed by atoms with van der Waals surface area (Å²) in [6.07, 6.45) is 4.24. The lowest BCUT2D eigenvalue weighted by atomic mass is 10.2. The van der Waals surface area contributed by atoms with Gasteiger partial charge >= 0.3 is 0 Å². The van der Waals surface area contributed by atoms with Crippen molar-refractivity contribution in [2.45, 2.75) is 6.42 Å². The van der Waals surface area contributed by atoms with Gasteiger partial charge < -0.3 is 4.79 Å². The molecule has 0 fully saturated rings. The second-order valence-corrected chi connectivity index (χ2v) is 3.40. The van der Waals surface area contributed by atoms with E-state index in [2.05, 4.69) is 0 Å². The molecule has 0 N–H and O–H groups in total. The molecule has 74 valence electrons. The van der Waals surface area contributed by atoms with Gasteiger partial charge in [0.25, 0.3) is 0 Å². The van der Waals surface area contributed by atoms with Crippen LogP contribution in [0.5, 0.6) is 0 Å². The molecule has 0 spiro atoms. The lowest BCUT2D eigenvalue weighted by Crippen LogP contribution is -1.82. The minimum absolute atomic E-state index is 0.233. The minimum atomic E-state index is -0.479. The molecule has 0 saturated heterocycles. The van der Waals surface area contributed by atoms with Crippen LogP contribution in [0, 0.1) is 5.82 Å². The first-order valence-electron chi connectivity index (χ1n) is 3.90. The predicted molar refractivity (Wildman–Crippen MR) is 56.1 cm³/mol. The van der Waals surface area contributed by atoms with Gasteiger partial charge in [0.2, 0.25) is 0 Å². The Balaban J connectivity index is 3.02. The van der Waals surface area contributed by atoms with Crippen molar-refractivity contribution in [3.63, 3.8) is 0 Å². The number of carbonyl (C=O) groups is 1. The van der Waals surface area contributed by atoms with E-state index in [-0.39, 0.29) is 16.5 Å². The molecule has 0 saturated carbocycles. The predicted octanol–water partition coefficient (Wildman–Crippen LogP) is 3.73. The second-order valence-electron chi connectivity index (χ2n) is 2.59. The third-order valence-electron chi connectivity index (χ3n) is 1.56. The van der Waals surface area contributed by atoms with Gasteiger partial charge in [-0.15, -0.1) is 0 Å². The van der Waals surface area contributed by atoms with Crippen LogP contribution in [-0.4, -0.2) is 6.29 Å². The molecule has 0 unspecified atom stereocenters. The highest BCUT2D eigenvalue weighted by Gasteiger charge is 2.04. The maximum absolute atomic E-state index is 12.7. The maximum Gasteiger partial charge on any atom is 0.126 e. The molecular formula is C10H7Cl2FO. The molecule has 0 aliphatic rings. The number of carbonyl (C=O) groups excluding carboxylic acids is 1. The third-order valence-corrected chi connectivity index (χ3v) is 2.19. The molecule has 0 aliphatic heterocycles. The van der Waals surface area contributed by atoms with Crippen molar-refractivity contribution in [2.75, 3.05) is 0 Å². The molecule has 0 amide bonds. The van der Waals surface area contributed by atoms with Crippen LogP contribution in [0.15, 0.2) is 18.2 Å². The molecule has 1 nitrogen and oxygen atoms in total. The van der Waals surface area contributed by atoms with Gasteiger partial charge in [-0.1, -0.05) is 35.4 Å². The molecule has 0 atom stereocenters. The van der Waals surface area contributed by atoms with Gasteiger partial charge in [0.05, 0.1) is 10.0 Å². The zero-order valence-corrected chi connectivity index (χ0v) is 8.65. The number of hydrogen-bond acceptors (Lipinski definition) is 1. The fourth-order valence-corrected chi connectivity index (χ4v) is 1.54. The van der Waals surface area contributed by atoms with Gasteiger partial charge in [-0.05, 0) is 12.1 Å². The fraction of sp³-hybridized carbons (Fsp3) is 0.100. The highest BCUT2D eigenvalue weighted by Crippen LogP contribution is 2.27. The Morgan fingerprint density at radius 1 is 1.29 bits per heavy atom. The summed E-state index contributed by atoms with van der Waals surface area (Å²) in [6, 6.07) is 2.35. The number of rotatable bonds is 3. The molecule has 1 aromatic carbocycles. The van der Waals surface area contributed by atoms with Crippen molar-refractivity contribution >= 4 is 35.6 Å². The van der Waals surface area contributed by atoms with Crippen LogP contribution in [-0.2, 0) is 4.79 Å². The van der Waals surface area contributed by atoms with Crippen LogP contribution in [0.4, 0.5) is 4.39 Å². The average Bonchev–Trinajstić information content (AvgIpc) is 2.09. The van der Waals surface area contributed by atoms with Crippen LogP contribution in [0.2, 0.25) is 10.0 Å². The van der Waals surface area contributed by atoms with Crippen LogP contribution in [0.3, 0.4) is 0 Å². The van der Waals surface area contributed by atoms with Crippen LogP contribution in [0.1, 0.15) is 12.0 Å². The Bertz CT molecular complexity index is 351. The fourth-order valence-electron chi connectivity index (χ4n) is 0.954. The molecule has 4 heteroatoms. The maximum atomic E-state index is 12.7. The summed E-state index contributed by atoms with van der Waals surface area (Å²) in [5, 5.41) is 0.467. The normalized spacial score (nSPS) is 10.8. The zero-order valence-electron chi connectivity index (χ0n) is 7.14. The molecule has 14 heavy (non-hydrogen) atoms. The van der Waals surface area contributed by atoms with Crippen molar-refractivity contribution in [2.24, 2.45) is 0 Å². The largest absolute Gasteiger partial charge is 0.303 e. The van der Waals surface area contributed by atoms with Crippen LogP contribution in [0.25, 0.3) is 6.08 Å². The van der Waals surface area contributed by atoms with E-state index in [1.54, 1.807) is 12.2 Å². The van der Waals surface area contributed by atoms with Crippen LogP contribution < -0.4 is 0 Å². The molecule has 0 aromatic heterocycles. The number of halogens is 3. The minimum Gasteiger partial charge on any atom is -0.303 e. The Morgan fingerprint density at radius 3 is 2.36 bits per heavy atom. The Hall–Kier alpha value is -0.860. The van der Waals surface area contributed by atoms with Crippen molar-refractivity contribution in [3.05, 3.63) is 39.6 Å². The van der Waals surface area contributed by atoms with E-state index in [1.807, 2.05) is 0 Å². The topological polar surface area (TPSA) is 17.1 Å². The summed E-state index contributed by atoms with van der Waals surface area (Å²) in [4.78, 5) is 10.0. The van der Waals surface area contributed by atoms with Gasteiger partial charge in [-0.25, -0.2) is 4.39 Å². The lowest BCUT2D eigenvalue weighted by Gasteiger charge is -2.01. The summed E-state index contributed by atoms with van der Waals surface area (Å²) >= 11 is 11.5. The lowest BCUT2D eigenvalue weighted by molar-refractivity contribution is -0.107. The molecule has 1 aromatic rings. The van der Waals surface area contributed by atoms with E-state index in [0.717, 1.165) is 6.29 Å². The molecular weight excluding hydrogens is 226 g/mol. The summed E-state index contributed by atoms with van der Waals surface area (Å²) in [5.74, 6) is -0.479. The quantitative estimate of drug-likeness (QED) is 0.727. The second kappa shape index (κ2) is 5.13. The van der Waals surface area contributed by atoms with Crippen molar-refractivity contribution in [1.29, 1.82) is 0 Å².